The van der Waals surface area contributed by atoms with Crippen LogP contribution in [0, 0.1) is 11.3 Å². The third-order valence-corrected chi connectivity index (χ3v) is 4.78. The second-order valence-corrected chi connectivity index (χ2v) is 6.79. The van der Waals surface area contributed by atoms with Crippen molar-refractivity contribution in [2.24, 2.45) is 0 Å². The van der Waals surface area contributed by atoms with Gasteiger partial charge in [-0.2, -0.15) is 5.26 Å². The molecule has 0 radical (unpaired) electrons. The van der Waals surface area contributed by atoms with Gasteiger partial charge in [0.1, 0.15) is 0 Å². The standard InChI is InChI=1S/C22H25N3O2/c1-6-20(24(4)5)25-11-10-19(13-21(25)26)22(27)18-9-7-8-17(12-18)16(3)15(2)14-23/h7-13,20H,6H2,1-5H3/b16-15+. The number of benzene rings is 1. The Labute approximate surface area is 160 Å². The predicted molar refractivity (Wildman–Crippen MR) is 107 cm³/mol. The Bertz CT molecular complexity index is 978. The number of carbonyl (C=O) groups is 1. The minimum atomic E-state index is -0.207. The highest BCUT2D eigenvalue weighted by atomic mass is 16.1. The number of rotatable bonds is 6. The zero-order valence-electron chi connectivity index (χ0n) is 16.5. The maximum absolute atomic E-state index is 12.9. The van der Waals surface area contributed by atoms with Crippen LogP contribution in [0.4, 0.5) is 0 Å². The van der Waals surface area contributed by atoms with Crippen molar-refractivity contribution in [2.75, 3.05) is 14.1 Å². The van der Waals surface area contributed by atoms with Crippen LogP contribution in [0.25, 0.3) is 5.57 Å². The number of ketones is 1. The SMILES string of the molecule is CCC(N(C)C)n1ccc(C(=O)c2cccc(/C(C)=C(\C)C#N)c2)cc1=O. The Kier molecular flexibility index (Phi) is 6.49. The lowest BCUT2D eigenvalue weighted by atomic mass is 9.97. The molecular formula is C22H25N3O2. The van der Waals surface area contributed by atoms with E-state index in [0.29, 0.717) is 16.7 Å². The van der Waals surface area contributed by atoms with E-state index in [-0.39, 0.29) is 17.5 Å². The van der Waals surface area contributed by atoms with Crippen LogP contribution in [0.5, 0.6) is 0 Å². The summed E-state index contributed by atoms with van der Waals surface area (Å²) in [6.07, 6.45) is 2.41. The first-order valence-electron chi connectivity index (χ1n) is 8.91. The molecule has 0 spiro atoms. The van der Waals surface area contributed by atoms with Gasteiger partial charge in [-0.3, -0.25) is 19.1 Å². The van der Waals surface area contributed by atoms with Crippen molar-refractivity contribution < 1.29 is 4.79 Å². The van der Waals surface area contributed by atoms with E-state index >= 15 is 0 Å². The zero-order chi connectivity index (χ0) is 20.1. The van der Waals surface area contributed by atoms with Gasteiger partial charge in [0.05, 0.1) is 12.2 Å². The van der Waals surface area contributed by atoms with Crippen LogP contribution in [-0.4, -0.2) is 29.3 Å². The summed E-state index contributed by atoms with van der Waals surface area (Å²) in [5, 5.41) is 9.07. The molecule has 0 N–H and O–H groups in total. The van der Waals surface area contributed by atoms with E-state index in [1.807, 2.05) is 38.9 Å². The molecule has 2 aromatic rings. The number of aromatic nitrogens is 1. The molecule has 1 heterocycles. The first-order chi connectivity index (χ1) is 12.8. The molecule has 0 saturated carbocycles. The quantitative estimate of drug-likeness (QED) is 0.577. The molecule has 1 aromatic carbocycles. The van der Waals surface area contributed by atoms with Crippen LogP contribution >= 0.6 is 0 Å². The third kappa shape index (κ3) is 4.42. The Balaban J connectivity index is 2.41. The lowest BCUT2D eigenvalue weighted by Crippen LogP contribution is -2.33. The Morgan fingerprint density at radius 1 is 1.15 bits per heavy atom. The summed E-state index contributed by atoms with van der Waals surface area (Å²) in [6, 6.07) is 12.4. The van der Waals surface area contributed by atoms with Gasteiger partial charge >= 0.3 is 0 Å². The number of nitrogens with zero attached hydrogens (tertiary/aromatic N) is 3. The molecule has 0 aliphatic rings. The van der Waals surface area contributed by atoms with Crippen molar-refractivity contribution in [3.63, 3.8) is 0 Å². The fourth-order valence-electron chi connectivity index (χ4n) is 3.05. The van der Waals surface area contributed by atoms with E-state index in [4.69, 9.17) is 5.26 Å². The number of pyridine rings is 1. The molecule has 0 saturated heterocycles. The first kappa shape index (κ1) is 20.3. The van der Waals surface area contributed by atoms with Crippen molar-refractivity contribution in [1.29, 1.82) is 5.26 Å². The number of nitriles is 1. The van der Waals surface area contributed by atoms with Gasteiger partial charge in [0.25, 0.3) is 5.56 Å². The largest absolute Gasteiger partial charge is 0.299 e. The lowest BCUT2D eigenvalue weighted by molar-refractivity contribution is 0.103. The Morgan fingerprint density at radius 3 is 2.33 bits per heavy atom. The Morgan fingerprint density at radius 2 is 1.78 bits per heavy atom. The van der Waals surface area contributed by atoms with Gasteiger partial charge in [0.15, 0.2) is 5.78 Å². The zero-order valence-corrected chi connectivity index (χ0v) is 16.5. The maximum atomic E-state index is 12.9. The van der Waals surface area contributed by atoms with E-state index < -0.39 is 0 Å². The van der Waals surface area contributed by atoms with E-state index in [9.17, 15) is 9.59 Å². The number of hydrogen-bond acceptors (Lipinski definition) is 4. The van der Waals surface area contributed by atoms with Gasteiger partial charge < -0.3 is 0 Å². The molecule has 27 heavy (non-hydrogen) atoms. The summed E-state index contributed by atoms with van der Waals surface area (Å²) in [5.74, 6) is -0.207. The minimum absolute atomic E-state index is 0.0493. The summed E-state index contributed by atoms with van der Waals surface area (Å²) in [4.78, 5) is 27.4. The van der Waals surface area contributed by atoms with Crippen LogP contribution in [0.2, 0.25) is 0 Å². The molecule has 0 bridgehead atoms. The average molecular weight is 363 g/mol. The summed E-state index contributed by atoms with van der Waals surface area (Å²) in [6.45, 7) is 5.62. The van der Waals surface area contributed by atoms with E-state index in [1.54, 1.807) is 42.0 Å². The molecule has 2 rings (SSSR count). The second-order valence-electron chi connectivity index (χ2n) is 6.79. The summed E-state index contributed by atoms with van der Waals surface area (Å²) < 4.78 is 1.64. The fraction of sp³-hybridized carbons (Fsp3) is 0.318. The predicted octanol–water partition coefficient (Wildman–Crippen LogP) is 3.87. The van der Waals surface area contributed by atoms with Gasteiger partial charge in [-0.15, -0.1) is 0 Å². The van der Waals surface area contributed by atoms with Gasteiger partial charge in [0.2, 0.25) is 0 Å². The molecule has 140 valence electrons. The van der Waals surface area contributed by atoms with E-state index in [1.165, 1.54) is 6.07 Å². The molecule has 5 nitrogen and oxygen atoms in total. The molecule has 0 amide bonds. The maximum Gasteiger partial charge on any atom is 0.252 e. The van der Waals surface area contributed by atoms with Crippen molar-refractivity contribution in [3.05, 3.63) is 75.2 Å². The molecule has 0 fully saturated rings. The van der Waals surface area contributed by atoms with E-state index in [0.717, 1.165) is 17.6 Å². The lowest BCUT2D eigenvalue weighted by Gasteiger charge is -2.25. The monoisotopic (exact) mass is 363 g/mol. The van der Waals surface area contributed by atoms with Crippen LogP contribution in [0.3, 0.4) is 0 Å². The van der Waals surface area contributed by atoms with Gasteiger partial charge in [-0.25, -0.2) is 0 Å². The van der Waals surface area contributed by atoms with Crippen molar-refractivity contribution >= 4 is 11.4 Å². The average Bonchev–Trinajstić information content (AvgIpc) is 2.67. The second kappa shape index (κ2) is 8.61. The van der Waals surface area contributed by atoms with Gasteiger partial charge in [-0.05, 0) is 57.6 Å². The number of carbonyl (C=O) groups excluding carboxylic acids is 1. The van der Waals surface area contributed by atoms with Crippen molar-refractivity contribution in [1.82, 2.24) is 9.47 Å². The number of hydrogen-bond donors (Lipinski definition) is 0. The molecular weight excluding hydrogens is 338 g/mol. The molecule has 5 heteroatoms. The van der Waals surface area contributed by atoms with Crippen LogP contribution in [-0.2, 0) is 0 Å². The normalized spacial score (nSPS) is 13.1. The summed E-state index contributed by atoms with van der Waals surface area (Å²) in [5.41, 5.74) is 2.92. The van der Waals surface area contributed by atoms with Crippen LogP contribution in [0.1, 0.15) is 54.8 Å². The molecule has 1 atom stereocenters. The summed E-state index contributed by atoms with van der Waals surface area (Å²) in [7, 11) is 3.84. The smallest absolute Gasteiger partial charge is 0.252 e. The Hall–Kier alpha value is -2.97. The van der Waals surface area contributed by atoms with Crippen LogP contribution in [0.15, 0.2) is 53.0 Å². The van der Waals surface area contributed by atoms with E-state index in [2.05, 4.69) is 6.07 Å². The summed E-state index contributed by atoms with van der Waals surface area (Å²) >= 11 is 0. The van der Waals surface area contributed by atoms with Crippen molar-refractivity contribution in [3.8, 4) is 6.07 Å². The molecule has 0 aliphatic heterocycles. The molecule has 1 unspecified atom stereocenters. The molecule has 0 aliphatic carbocycles. The number of allylic oxidation sites excluding steroid dienone is 2. The first-order valence-corrected chi connectivity index (χ1v) is 8.91. The van der Waals surface area contributed by atoms with Crippen LogP contribution < -0.4 is 5.56 Å². The van der Waals surface area contributed by atoms with Crippen molar-refractivity contribution in [2.45, 2.75) is 33.4 Å². The minimum Gasteiger partial charge on any atom is -0.299 e. The van der Waals surface area contributed by atoms with Gasteiger partial charge in [0, 0.05) is 29.0 Å². The highest BCUT2D eigenvalue weighted by molar-refractivity contribution is 6.09. The highest BCUT2D eigenvalue weighted by Gasteiger charge is 2.16. The third-order valence-electron chi connectivity index (χ3n) is 4.78. The molecule has 1 aromatic heterocycles. The fourth-order valence-corrected chi connectivity index (χ4v) is 3.05. The topological polar surface area (TPSA) is 66.1 Å². The van der Waals surface area contributed by atoms with Gasteiger partial charge in [-0.1, -0.05) is 25.1 Å². The highest BCUT2D eigenvalue weighted by Crippen LogP contribution is 2.20.